The number of hydrogen-bond donors (Lipinski definition) is 1. The fourth-order valence-electron chi connectivity index (χ4n) is 4.14. The third-order valence-electron chi connectivity index (χ3n) is 4.72. The largest absolute Gasteiger partial charge is 0.329 e. The van der Waals surface area contributed by atoms with Gasteiger partial charge in [-0.1, -0.05) is 40.5 Å². The molecular formula is C16H34N2. The van der Waals surface area contributed by atoms with Gasteiger partial charge < -0.3 is 5.73 Å². The first kappa shape index (κ1) is 16.0. The van der Waals surface area contributed by atoms with E-state index in [0.29, 0.717) is 5.41 Å². The summed E-state index contributed by atoms with van der Waals surface area (Å²) in [4.78, 5) is 2.57. The van der Waals surface area contributed by atoms with Crippen LogP contribution >= 0.6 is 0 Å². The fourth-order valence-corrected chi connectivity index (χ4v) is 4.14. The van der Waals surface area contributed by atoms with E-state index in [1.807, 2.05) is 0 Å². The molecule has 1 aliphatic carbocycles. The smallest absolute Gasteiger partial charge is 0.0336 e. The minimum atomic E-state index is 0.245. The normalized spacial score (nSPS) is 31.8. The van der Waals surface area contributed by atoms with Crippen LogP contribution in [0.4, 0.5) is 0 Å². The van der Waals surface area contributed by atoms with Gasteiger partial charge in [-0.25, -0.2) is 0 Å². The zero-order valence-electron chi connectivity index (χ0n) is 13.3. The molecule has 0 aromatic heterocycles. The van der Waals surface area contributed by atoms with Crippen molar-refractivity contribution in [2.75, 3.05) is 20.1 Å². The van der Waals surface area contributed by atoms with Gasteiger partial charge in [0.1, 0.15) is 0 Å². The van der Waals surface area contributed by atoms with Crippen molar-refractivity contribution >= 4 is 0 Å². The molecule has 0 aromatic rings. The quantitative estimate of drug-likeness (QED) is 0.733. The Labute approximate surface area is 114 Å². The van der Waals surface area contributed by atoms with Gasteiger partial charge in [-0.2, -0.15) is 0 Å². The maximum absolute atomic E-state index is 6.19. The fraction of sp³-hybridized carbons (Fsp3) is 1.00. The molecule has 0 aromatic carbocycles. The second kappa shape index (κ2) is 6.38. The lowest BCUT2D eigenvalue weighted by Crippen LogP contribution is -2.57. The van der Waals surface area contributed by atoms with E-state index >= 15 is 0 Å². The number of likely N-dealkylation sites (N-methyl/N-ethyl adjacent to an activating group) is 1. The highest BCUT2D eigenvalue weighted by molar-refractivity contribution is 5.00. The molecule has 2 heteroatoms. The Morgan fingerprint density at radius 2 is 1.89 bits per heavy atom. The standard InChI is InChI=1S/C16H34N2/c1-6-7-8-9-18(5)16(13-17)11-14(2)10-15(3,4)12-16/h14H,6-13,17H2,1-5H3. The summed E-state index contributed by atoms with van der Waals surface area (Å²) >= 11 is 0. The topological polar surface area (TPSA) is 29.3 Å². The molecule has 0 amide bonds. The molecule has 0 aliphatic heterocycles. The molecular weight excluding hydrogens is 220 g/mol. The first-order chi connectivity index (χ1) is 8.35. The summed E-state index contributed by atoms with van der Waals surface area (Å²) in [6, 6.07) is 0. The number of rotatable bonds is 6. The molecule has 1 rings (SSSR count). The highest BCUT2D eigenvalue weighted by Crippen LogP contribution is 2.45. The van der Waals surface area contributed by atoms with Gasteiger partial charge >= 0.3 is 0 Å². The van der Waals surface area contributed by atoms with Gasteiger partial charge in [0.2, 0.25) is 0 Å². The monoisotopic (exact) mass is 254 g/mol. The van der Waals surface area contributed by atoms with Crippen LogP contribution in [-0.2, 0) is 0 Å². The number of nitrogens with zero attached hydrogens (tertiary/aromatic N) is 1. The lowest BCUT2D eigenvalue weighted by Gasteiger charge is -2.52. The zero-order valence-corrected chi connectivity index (χ0v) is 13.3. The summed E-state index contributed by atoms with van der Waals surface area (Å²) in [6.45, 7) is 11.5. The van der Waals surface area contributed by atoms with Gasteiger partial charge in [-0.05, 0) is 50.6 Å². The number of hydrogen-bond acceptors (Lipinski definition) is 2. The van der Waals surface area contributed by atoms with Crippen LogP contribution in [0.1, 0.15) is 66.2 Å². The summed E-state index contributed by atoms with van der Waals surface area (Å²) < 4.78 is 0. The number of nitrogens with two attached hydrogens (primary N) is 1. The highest BCUT2D eigenvalue weighted by atomic mass is 15.2. The predicted molar refractivity (Wildman–Crippen MR) is 80.7 cm³/mol. The van der Waals surface area contributed by atoms with E-state index in [4.69, 9.17) is 5.73 Å². The predicted octanol–water partition coefficient (Wildman–Crippen LogP) is 3.65. The van der Waals surface area contributed by atoms with Crippen molar-refractivity contribution in [2.24, 2.45) is 17.1 Å². The zero-order chi connectivity index (χ0) is 13.8. The van der Waals surface area contributed by atoms with Crippen molar-refractivity contribution in [3.63, 3.8) is 0 Å². The van der Waals surface area contributed by atoms with Crippen molar-refractivity contribution < 1.29 is 0 Å². The number of unbranched alkanes of at least 4 members (excludes halogenated alkanes) is 2. The van der Waals surface area contributed by atoms with Crippen LogP contribution in [0.2, 0.25) is 0 Å². The average Bonchev–Trinajstić information content (AvgIpc) is 2.26. The molecule has 18 heavy (non-hydrogen) atoms. The van der Waals surface area contributed by atoms with E-state index in [2.05, 4.69) is 39.6 Å². The summed E-state index contributed by atoms with van der Waals surface area (Å²) in [5.41, 5.74) is 6.87. The third kappa shape index (κ3) is 3.96. The minimum Gasteiger partial charge on any atom is -0.329 e. The van der Waals surface area contributed by atoms with Crippen LogP contribution < -0.4 is 5.73 Å². The van der Waals surface area contributed by atoms with Gasteiger partial charge in [0.05, 0.1) is 0 Å². The first-order valence-corrected chi connectivity index (χ1v) is 7.76. The first-order valence-electron chi connectivity index (χ1n) is 7.76. The Morgan fingerprint density at radius 3 is 2.39 bits per heavy atom. The van der Waals surface area contributed by atoms with E-state index in [9.17, 15) is 0 Å². The van der Waals surface area contributed by atoms with Crippen molar-refractivity contribution in [1.82, 2.24) is 4.90 Å². The summed E-state index contributed by atoms with van der Waals surface area (Å²) in [5, 5.41) is 0. The van der Waals surface area contributed by atoms with Crippen molar-refractivity contribution in [1.29, 1.82) is 0 Å². The van der Waals surface area contributed by atoms with Crippen LogP contribution in [0, 0.1) is 11.3 Å². The maximum Gasteiger partial charge on any atom is 0.0336 e. The van der Waals surface area contributed by atoms with Gasteiger partial charge in [0, 0.05) is 12.1 Å². The van der Waals surface area contributed by atoms with Crippen molar-refractivity contribution in [2.45, 2.75) is 71.8 Å². The SMILES string of the molecule is CCCCCN(C)C1(CN)CC(C)CC(C)(C)C1. The molecule has 2 unspecified atom stereocenters. The van der Waals surface area contributed by atoms with Crippen LogP contribution in [-0.4, -0.2) is 30.6 Å². The lowest BCUT2D eigenvalue weighted by atomic mass is 9.63. The van der Waals surface area contributed by atoms with Crippen LogP contribution in [0.5, 0.6) is 0 Å². The van der Waals surface area contributed by atoms with Crippen LogP contribution in [0.25, 0.3) is 0 Å². The van der Waals surface area contributed by atoms with Crippen LogP contribution in [0.3, 0.4) is 0 Å². The Bertz CT molecular complexity index is 249. The van der Waals surface area contributed by atoms with E-state index in [0.717, 1.165) is 12.5 Å². The molecule has 0 saturated heterocycles. The van der Waals surface area contributed by atoms with Crippen LogP contribution in [0.15, 0.2) is 0 Å². The third-order valence-corrected chi connectivity index (χ3v) is 4.72. The van der Waals surface area contributed by atoms with Gasteiger partial charge in [-0.15, -0.1) is 0 Å². The minimum absolute atomic E-state index is 0.245. The van der Waals surface area contributed by atoms with Crippen molar-refractivity contribution in [3.05, 3.63) is 0 Å². The van der Waals surface area contributed by atoms with E-state index in [-0.39, 0.29) is 5.54 Å². The summed E-state index contributed by atoms with van der Waals surface area (Å²) in [7, 11) is 2.29. The van der Waals surface area contributed by atoms with E-state index < -0.39 is 0 Å². The molecule has 0 heterocycles. The Morgan fingerprint density at radius 1 is 1.22 bits per heavy atom. The molecule has 0 spiro atoms. The van der Waals surface area contributed by atoms with Crippen molar-refractivity contribution in [3.8, 4) is 0 Å². The molecule has 0 bridgehead atoms. The van der Waals surface area contributed by atoms with Gasteiger partial charge in [0.25, 0.3) is 0 Å². The molecule has 1 saturated carbocycles. The summed E-state index contributed by atoms with van der Waals surface area (Å²) in [5.74, 6) is 0.797. The molecule has 1 fully saturated rings. The Balaban J connectivity index is 2.70. The molecule has 108 valence electrons. The average molecular weight is 254 g/mol. The lowest BCUT2D eigenvalue weighted by molar-refractivity contribution is 0.00264. The molecule has 1 aliphatic rings. The van der Waals surface area contributed by atoms with Gasteiger partial charge in [-0.3, -0.25) is 4.90 Å². The second-order valence-electron chi connectivity index (χ2n) is 7.41. The van der Waals surface area contributed by atoms with E-state index in [1.54, 1.807) is 0 Å². The summed E-state index contributed by atoms with van der Waals surface area (Å²) in [6.07, 6.45) is 7.81. The molecule has 2 N–H and O–H groups in total. The molecule has 2 nitrogen and oxygen atoms in total. The Hall–Kier alpha value is -0.0800. The van der Waals surface area contributed by atoms with Gasteiger partial charge in [0.15, 0.2) is 0 Å². The molecule has 0 radical (unpaired) electrons. The molecule has 2 atom stereocenters. The van der Waals surface area contributed by atoms with E-state index in [1.165, 1.54) is 45.1 Å². The maximum atomic E-state index is 6.19. The second-order valence-corrected chi connectivity index (χ2v) is 7.41. The Kier molecular flexibility index (Phi) is 5.67. The highest BCUT2D eigenvalue weighted by Gasteiger charge is 2.44.